The number of aryl methyl sites for hydroxylation is 3. The molecule has 2 aromatic heterocycles. The summed E-state index contributed by atoms with van der Waals surface area (Å²) in [5.41, 5.74) is 5.29. The molecular weight excluding hydrogens is 438 g/mol. The molecule has 2 heterocycles. The van der Waals surface area contributed by atoms with E-state index in [9.17, 15) is 4.79 Å². The van der Waals surface area contributed by atoms with E-state index in [1.807, 2.05) is 74.8 Å². The van der Waals surface area contributed by atoms with Crippen molar-refractivity contribution in [2.75, 3.05) is 5.32 Å². The smallest absolute Gasteiger partial charge is 0.291 e. The molecule has 0 aliphatic heterocycles. The molecule has 0 aliphatic rings. The second-order valence-corrected chi connectivity index (χ2v) is 8.43. The van der Waals surface area contributed by atoms with E-state index in [2.05, 4.69) is 10.4 Å². The molecule has 33 heavy (non-hydrogen) atoms. The Balaban J connectivity index is 1.44. The van der Waals surface area contributed by atoms with Crippen LogP contribution in [0.5, 0.6) is 5.75 Å². The van der Waals surface area contributed by atoms with Gasteiger partial charge in [0.1, 0.15) is 18.1 Å². The van der Waals surface area contributed by atoms with Crippen LogP contribution >= 0.6 is 11.6 Å². The Kier molecular flexibility index (Phi) is 6.56. The van der Waals surface area contributed by atoms with Gasteiger partial charge in [0.15, 0.2) is 5.76 Å². The largest absolute Gasteiger partial charge is 0.485 e. The minimum atomic E-state index is -0.336. The fourth-order valence-electron chi connectivity index (χ4n) is 3.74. The van der Waals surface area contributed by atoms with Crippen molar-refractivity contribution in [2.24, 2.45) is 0 Å². The molecule has 0 bridgehead atoms. The maximum Gasteiger partial charge on any atom is 0.291 e. The molecule has 4 aromatic rings. The Hall–Kier alpha value is -3.51. The third-order valence-electron chi connectivity index (χ3n) is 5.55. The normalized spacial score (nSPS) is 10.9. The number of hydrogen-bond donors (Lipinski definition) is 1. The zero-order chi connectivity index (χ0) is 23.5. The van der Waals surface area contributed by atoms with E-state index >= 15 is 0 Å². The number of benzene rings is 2. The van der Waals surface area contributed by atoms with Crippen molar-refractivity contribution in [1.29, 1.82) is 0 Å². The highest BCUT2D eigenvalue weighted by atomic mass is 35.5. The highest BCUT2D eigenvalue weighted by Crippen LogP contribution is 2.25. The van der Waals surface area contributed by atoms with Crippen molar-refractivity contribution >= 4 is 23.2 Å². The standard InChI is InChI=1S/C26H26ClN3O3/c1-16-8-7-9-17(2)25(16)32-15-21-12-13-23(33-21)26(31)28-24-18(3)29-30(19(24)4)14-20-10-5-6-11-22(20)27/h5-13H,14-15H2,1-4H3,(H,28,31). The van der Waals surface area contributed by atoms with Crippen LogP contribution in [-0.4, -0.2) is 15.7 Å². The predicted octanol–water partition coefficient (Wildman–Crippen LogP) is 6.24. The second-order valence-electron chi connectivity index (χ2n) is 8.02. The SMILES string of the molecule is Cc1cccc(C)c1OCc1ccc(C(=O)Nc2c(C)nn(Cc3ccccc3Cl)c2C)o1. The number of halogens is 1. The Bertz CT molecular complexity index is 1290. The first-order chi connectivity index (χ1) is 15.8. The van der Waals surface area contributed by atoms with Crippen LogP contribution in [-0.2, 0) is 13.2 Å². The minimum absolute atomic E-state index is 0.216. The van der Waals surface area contributed by atoms with Crippen molar-refractivity contribution in [2.45, 2.75) is 40.8 Å². The van der Waals surface area contributed by atoms with Crippen molar-refractivity contribution in [1.82, 2.24) is 9.78 Å². The van der Waals surface area contributed by atoms with Gasteiger partial charge in [0.25, 0.3) is 5.91 Å². The van der Waals surface area contributed by atoms with Gasteiger partial charge in [0.2, 0.25) is 0 Å². The van der Waals surface area contributed by atoms with Gasteiger partial charge in [-0.3, -0.25) is 9.48 Å². The van der Waals surface area contributed by atoms with Crippen LogP contribution < -0.4 is 10.1 Å². The lowest BCUT2D eigenvalue weighted by Crippen LogP contribution is -2.12. The average molecular weight is 464 g/mol. The lowest BCUT2D eigenvalue weighted by Gasteiger charge is -2.10. The van der Waals surface area contributed by atoms with E-state index < -0.39 is 0 Å². The van der Waals surface area contributed by atoms with Crippen molar-refractivity contribution in [3.8, 4) is 5.75 Å². The van der Waals surface area contributed by atoms with Crippen molar-refractivity contribution in [3.05, 3.63) is 99.2 Å². The lowest BCUT2D eigenvalue weighted by molar-refractivity contribution is 0.0992. The Morgan fingerprint density at radius 2 is 1.76 bits per heavy atom. The monoisotopic (exact) mass is 463 g/mol. The van der Waals surface area contributed by atoms with Gasteiger partial charge in [-0.15, -0.1) is 0 Å². The number of furan rings is 1. The number of carbonyl (C=O) groups excluding carboxylic acids is 1. The lowest BCUT2D eigenvalue weighted by atomic mass is 10.1. The number of nitrogens with one attached hydrogen (secondary N) is 1. The van der Waals surface area contributed by atoms with E-state index in [0.29, 0.717) is 23.0 Å². The quantitative estimate of drug-likeness (QED) is 0.352. The molecule has 0 saturated carbocycles. The molecule has 0 spiro atoms. The van der Waals surface area contributed by atoms with Crippen LogP contribution in [0, 0.1) is 27.7 Å². The van der Waals surface area contributed by atoms with Gasteiger partial charge in [0.05, 0.1) is 23.6 Å². The summed E-state index contributed by atoms with van der Waals surface area (Å²) in [5.74, 6) is 1.28. The Morgan fingerprint density at radius 1 is 1.03 bits per heavy atom. The van der Waals surface area contributed by atoms with Gasteiger partial charge < -0.3 is 14.5 Å². The second kappa shape index (κ2) is 9.55. The summed E-state index contributed by atoms with van der Waals surface area (Å²) >= 11 is 6.29. The molecule has 1 amide bonds. The van der Waals surface area contributed by atoms with Crippen molar-refractivity contribution in [3.63, 3.8) is 0 Å². The molecule has 0 fully saturated rings. The van der Waals surface area contributed by atoms with Crippen LogP contribution in [0.25, 0.3) is 0 Å². The number of amides is 1. The van der Waals surface area contributed by atoms with Crippen LogP contribution in [0.2, 0.25) is 5.02 Å². The molecule has 6 nitrogen and oxygen atoms in total. The van der Waals surface area contributed by atoms with Gasteiger partial charge in [0, 0.05) is 5.02 Å². The fourth-order valence-corrected chi connectivity index (χ4v) is 3.94. The molecule has 170 valence electrons. The molecule has 0 aliphatic carbocycles. The first kappa shape index (κ1) is 22.7. The van der Waals surface area contributed by atoms with Crippen LogP contribution in [0.4, 0.5) is 5.69 Å². The third-order valence-corrected chi connectivity index (χ3v) is 5.92. The van der Waals surface area contributed by atoms with Gasteiger partial charge in [-0.2, -0.15) is 5.10 Å². The first-order valence-corrected chi connectivity index (χ1v) is 11.1. The topological polar surface area (TPSA) is 69.3 Å². The minimum Gasteiger partial charge on any atom is -0.485 e. The van der Waals surface area contributed by atoms with E-state index in [1.165, 1.54) is 0 Å². The molecule has 7 heteroatoms. The van der Waals surface area contributed by atoms with Gasteiger partial charge in [-0.1, -0.05) is 48.0 Å². The Morgan fingerprint density at radius 3 is 2.48 bits per heavy atom. The predicted molar refractivity (Wildman–Crippen MR) is 129 cm³/mol. The third kappa shape index (κ3) is 4.96. The zero-order valence-electron chi connectivity index (χ0n) is 19.1. The van der Waals surface area contributed by atoms with E-state index in [0.717, 1.165) is 33.8 Å². The van der Waals surface area contributed by atoms with Crippen LogP contribution in [0.1, 0.15) is 44.4 Å². The number of aromatic nitrogens is 2. The number of para-hydroxylation sites is 1. The first-order valence-electron chi connectivity index (χ1n) is 10.7. The zero-order valence-corrected chi connectivity index (χ0v) is 19.9. The van der Waals surface area contributed by atoms with Gasteiger partial charge in [-0.05, 0) is 62.6 Å². The molecule has 0 saturated heterocycles. The maximum atomic E-state index is 12.8. The van der Waals surface area contributed by atoms with E-state index in [-0.39, 0.29) is 18.3 Å². The van der Waals surface area contributed by atoms with Crippen molar-refractivity contribution < 1.29 is 13.9 Å². The fraction of sp³-hybridized carbons (Fsp3) is 0.231. The maximum absolute atomic E-state index is 12.8. The van der Waals surface area contributed by atoms with E-state index in [4.69, 9.17) is 20.8 Å². The number of ether oxygens (including phenoxy) is 1. The number of anilines is 1. The summed E-state index contributed by atoms with van der Waals surface area (Å²) in [6, 6.07) is 17.0. The molecule has 1 N–H and O–H groups in total. The summed E-state index contributed by atoms with van der Waals surface area (Å²) in [6.07, 6.45) is 0. The Labute approximate surface area is 198 Å². The summed E-state index contributed by atoms with van der Waals surface area (Å²) in [6.45, 7) is 8.53. The molecule has 2 aromatic carbocycles. The van der Waals surface area contributed by atoms with E-state index in [1.54, 1.807) is 12.1 Å². The summed E-state index contributed by atoms with van der Waals surface area (Å²) in [7, 11) is 0. The molecule has 0 radical (unpaired) electrons. The summed E-state index contributed by atoms with van der Waals surface area (Å²) in [5, 5.41) is 8.18. The summed E-state index contributed by atoms with van der Waals surface area (Å²) < 4.78 is 13.5. The van der Waals surface area contributed by atoms with Gasteiger partial charge >= 0.3 is 0 Å². The molecular formula is C26H26ClN3O3. The van der Waals surface area contributed by atoms with Crippen LogP contribution in [0.3, 0.4) is 0 Å². The number of rotatable bonds is 7. The number of carbonyl (C=O) groups is 1. The number of hydrogen-bond acceptors (Lipinski definition) is 4. The van der Waals surface area contributed by atoms with Crippen LogP contribution in [0.15, 0.2) is 59.0 Å². The summed E-state index contributed by atoms with van der Waals surface area (Å²) in [4.78, 5) is 12.8. The highest BCUT2D eigenvalue weighted by molar-refractivity contribution is 6.31. The number of nitrogens with zero attached hydrogens (tertiary/aromatic N) is 2. The molecule has 0 atom stereocenters. The van der Waals surface area contributed by atoms with Gasteiger partial charge in [-0.25, -0.2) is 0 Å². The molecule has 0 unspecified atom stereocenters. The molecule has 4 rings (SSSR count). The average Bonchev–Trinajstić information content (AvgIpc) is 3.35. The highest BCUT2D eigenvalue weighted by Gasteiger charge is 2.18.